The first kappa shape index (κ1) is 18.4. The summed E-state index contributed by atoms with van der Waals surface area (Å²) in [4.78, 5) is 5.15. The smallest absolute Gasteiger partial charge is 0.0233 e. The van der Waals surface area contributed by atoms with Crippen LogP contribution in [-0.4, -0.2) is 54.1 Å². The molecule has 1 aromatic carbocycles. The van der Waals surface area contributed by atoms with Crippen LogP contribution in [-0.2, 0) is 6.54 Å². The fourth-order valence-corrected chi connectivity index (χ4v) is 3.65. The Bertz CT molecular complexity index is 414. The average Bonchev–Trinajstić information content (AvgIpc) is 2.53. The van der Waals surface area contributed by atoms with E-state index < -0.39 is 0 Å². The molecule has 1 aliphatic heterocycles. The van der Waals surface area contributed by atoms with Crippen LogP contribution >= 0.6 is 0 Å². The average molecular weight is 318 g/mol. The van der Waals surface area contributed by atoms with Crippen LogP contribution in [0.25, 0.3) is 0 Å². The minimum Gasteiger partial charge on any atom is -0.313 e. The molecule has 1 N–H and O–H groups in total. The van der Waals surface area contributed by atoms with Crippen molar-refractivity contribution in [2.75, 3.05) is 26.2 Å². The third-order valence-electron chi connectivity index (χ3n) is 4.97. The summed E-state index contributed by atoms with van der Waals surface area (Å²) >= 11 is 0. The van der Waals surface area contributed by atoms with E-state index in [0.717, 1.165) is 19.6 Å². The maximum absolute atomic E-state index is 3.78. The summed E-state index contributed by atoms with van der Waals surface area (Å²) in [5.74, 6) is 0. The zero-order valence-electron chi connectivity index (χ0n) is 15.5. The number of benzene rings is 1. The van der Waals surface area contributed by atoms with E-state index >= 15 is 0 Å². The standard InChI is InChI=1S/C20H35N3/c1-17(2)23(18(3)4)15-12-21-20-10-13-22(14-11-20)16-19-8-6-5-7-9-19/h5-9,17-18,20-21H,10-16H2,1-4H3. The van der Waals surface area contributed by atoms with E-state index in [9.17, 15) is 0 Å². The lowest BCUT2D eigenvalue weighted by Gasteiger charge is -2.34. The Kier molecular flexibility index (Phi) is 7.54. The molecule has 0 spiro atoms. The van der Waals surface area contributed by atoms with Crippen LogP contribution in [0.5, 0.6) is 0 Å². The summed E-state index contributed by atoms with van der Waals surface area (Å²) < 4.78 is 0. The second kappa shape index (κ2) is 9.41. The molecule has 2 rings (SSSR count). The van der Waals surface area contributed by atoms with Gasteiger partial charge in [-0.25, -0.2) is 0 Å². The highest BCUT2D eigenvalue weighted by atomic mass is 15.2. The summed E-state index contributed by atoms with van der Waals surface area (Å²) in [6.07, 6.45) is 2.55. The minimum atomic E-state index is 0.629. The van der Waals surface area contributed by atoms with Crippen molar-refractivity contribution in [2.24, 2.45) is 0 Å². The van der Waals surface area contributed by atoms with Gasteiger partial charge in [-0.2, -0.15) is 0 Å². The van der Waals surface area contributed by atoms with Gasteiger partial charge in [-0.3, -0.25) is 9.80 Å². The van der Waals surface area contributed by atoms with Gasteiger partial charge in [0, 0.05) is 37.8 Å². The maximum atomic E-state index is 3.78. The third kappa shape index (κ3) is 6.25. The van der Waals surface area contributed by atoms with Gasteiger partial charge in [0.05, 0.1) is 0 Å². The maximum Gasteiger partial charge on any atom is 0.0233 e. The number of hydrogen-bond donors (Lipinski definition) is 1. The second-order valence-corrected chi connectivity index (χ2v) is 7.42. The quantitative estimate of drug-likeness (QED) is 0.793. The molecule has 23 heavy (non-hydrogen) atoms. The van der Waals surface area contributed by atoms with Gasteiger partial charge in [0.2, 0.25) is 0 Å². The van der Waals surface area contributed by atoms with E-state index in [1.54, 1.807) is 0 Å². The summed E-state index contributed by atoms with van der Waals surface area (Å²) in [5.41, 5.74) is 1.43. The highest BCUT2D eigenvalue weighted by molar-refractivity contribution is 5.14. The topological polar surface area (TPSA) is 18.5 Å². The lowest BCUT2D eigenvalue weighted by Crippen LogP contribution is -2.46. The molecule has 0 unspecified atom stereocenters. The zero-order valence-corrected chi connectivity index (χ0v) is 15.5. The number of likely N-dealkylation sites (tertiary alicyclic amines) is 1. The fraction of sp³-hybridized carbons (Fsp3) is 0.700. The van der Waals surface area contributed by atoms with E-state index in [2.05, 4.69) is 73.1 Å². The number of hydrogen-bond acceptors (Lipinski definition) is 3. The molecule has 0 aromatic heterocycles. The van der Waals surface area contributed by atoms with Crippen LogP contribution in [0.4, 0.5) is 0 Å². The van der Waals surface area contributed by atoms with Crippen molar-refractivity contribution in [3.05, 3.63) is 35.9 Å². The summed E-state index contributed by atoms with van der Waals surface area (Å²) in [6, 6.07) is 12.8. The largest absolute Gasteiger partial charge is 0.313 e. The van der Waals surface area contributed by atoms with Crippen LogP contribution in [0.1, 0.15) is 46.1 Å². The van der Waals surface area contributed by atoms with Crippen LogP contribution in [0.15, 0.2) is 30.3 Å². The summed E-state index contributed by atoms with van der Waals surface area (Å²) in [7, 11) is 0. The van der Waals surface area contributed by atoms with Gasteiger partial charge in [-0.1, -0.05) is 30.3 Å². The molecule has 0 atom stereocenters. The van der Waals surface area contributed by atoms with E-state index in [1.807, 2.05) is 0 Å². The fourth-order valence-electron chi connectivity index (χ4n) is 3.65. The van der Waals surface area contributed by atoms with Crippen molar-refractivity contribution in [1.82, 2.24) is 15.1 Å². The summed E-state index contributed by atoms with van der Waals surface area (Å²) in [5, 5.41) is 3.78. The molecule has 1 aromatic rings. The van der Waals surface area contributed by atoms with Crippen molar-refractivity contribution in [3.63, 3.8) is 0 Å². The molecule has 130 valence electrons. The Morgan fingerprint density at radius 2 is 1.65 bits per heavy atom. The van der Waals surface area contributed by atoms with Gasteiger partial charge in [-0.05, 0) is 59.2 Å². The molecule has 1 heterocycles. The first-order valence-electron chi connectivity index (χ1n) is 9.31. The monoisotopic (exact) mass is 317 g/mol. The van der Waals surface area contributed by atoms with Gasteiger partial charge in [0.25, 0.3) is 0 Å². The molecule has 1 fully saturated rings. The predicted molar refractivity (Wildman–Crippen MR) is 99.7 cm³/mol. The molecule has 0 amide bonds. The molecular formula is C20H35N3. The van der Waals surface area contributed by atoms with Gasteiger partial charge in [0.1, 0.15) is 0 Å². The molecule has 1 aliphatic rings. The molecule has 3 heteroatoms. The molecule has 0 aliphatic carbocycles. The first-order valence-corrected chi connectivity index (χ1v) is 9.31. The number of nitrogens with one attached hydrogen (secondary N) is 1. The van der Waals surface area contributed by atoms with Crippen LogP contribution in [0, 0.1) is 0 Å². The SMILES string of the molecule is CC(C)N(CCNC1CCN(Cc2ccccc2)CC1)C(C)C. The Balaban J connectivity index is 1.65. The molecule has 0 radical (unpaired) electrons. The van der Waals surface area contributed by atoms with Crippen LogP contribution < -0.4 is 5.32 Å². The van der Waals surface area contributed by atoms with Crippen molar-refractivity contribution >= 4 is 0 Å². The Morgan fingerprint density at radius 1 is 1.04 bits per heavy atom. The van der Waals surface area contributed by atoms with Crippen LogP contribution in [0.3, 0.4) is 0 Å². The predicted octanol–water partition coefficient (Wildman–Crippen LogP) is 3.36. The van der Waals surface area contributed by atoms with Crippen molar-refractivity contribution < 1.29 is 0 Å². The Hall–Kier alpha value is -0.900. The van der Waals surface area contributed by atoms with Gasteiger partial charge in [-0.15, -0.1) is 0 Å². The molecular weight excluding hydrogens is 282 g/mol. The number of piperidine rings is 1. The number of rotatable bonds is 8. The minimum absolute atomic E-state index is 0.629. The van der Waals surface area contributed by atoms with E-state index in [4.69, 9.17) is 0 Å². The summed E-state index contributed by atoms with van der Waals surface area (Å²) in [6.45, 7) is 15.0. The van der Waals surface area contributed by atoms with Crippen molar-refractivity contribution in [2.45, 2.75) is 65.2 Å². The Morgan fingerprint density at radius 3 is 2.22 bits per heavy atom. The molecule has 3 nitrogen and oxygen atoms in total. The van der Waals surface area contributed by atoms with Gasteiger partial charge in [0.15, 0.2) is 0 Å². The normalized spacial score (nSPS) is 17.5. The molecule has 0 saturated carbocycles. The second-order valence-electron chi connectivity index (χ2n) is 7.42. The van der Waals surface area contributed by atoms with Crippen molar-refractivity contribution in [1.29, 1.82) is 0 Å². The van der Waals surface area contributed by atoms with E-state index in [1.165, 1.54) is 31.5 Å². The molecule has 1 saturated heterocycles. The van der Waals surface area contributed by atoms with Gasteiger partial charge < -0.3 is 5.32 Å². The Labute approximate surface area is 143 Å². The van der Waals surface area contributed by atoms with Gasteiger partial charge >= 0.3 is 0 Å². The van der Waals surface area contributed by atoms with E-state index in [-0.39, 0.29) is 0 Å². The highest BCUT2D eigenvalue weighted by Gasteiger charge is 2.19. The molecule has 0 bridgehead atoms. The first-order chi connectivity index (χ1) is 11.1. The van der Waals surface area contributed by atoms with Crippen LogP contribution in [0.2, 0.25) is 0 Å². The number of nitrogens with zero attached hydrogens (tertiary/aromatic N) is 2. The van der Waals surface area contributed by atoms with E-state index in [0.29, 0.717) is 18.1 Å². The van der Waals surface area contributed by atoms with Crippen molar-refractivity contribution in [3.8, 4) is 0 Å². The third-order valence-corrected chi connectivity index (χ3v) is 4.97. The lowest BCUT2D eigenvalue weighted by atomic mass is 10.0. The highest BCUT2D eigenvalue weighted by Crippen LogP contribution is 2.14. The zero-order chi connectivity index (χ0) is 16.7. The lowest BCUT2D eigenvalue weighted by molar-refractivity contribution is 0.161.